The molecule has 0 saturated heterocycles. The van der Waals surface area contributed by atoms with Crippen LogP contribution in [0, 0.1) is 11.3 Å². The average Bonchev–Trinajstić information content (AvgIpc) is 3.05. The third kappa shape index (κ3) is 3.95. The molecule has 0 saturated carbocycles. The van der Waals surface area contributed by atoms with E-state index >= 15 is 0 Å². The van der Waals surface area contributed by atoms with Crippen LogP contribution in [-0.4, -0.2) is 30.6 Å². The van der Waals surface area contributed by atoms with E-state index in [9.17, 15) is 10.1 Å². The van der Waals surface area contributed by atoms with Crippen LogP contribution in [0.15, 0.2) is 29.6 Å². The lowest BCUT2D eigenvalue weighted by atomic mass is 10.0. The molecule has 1 aromatic carbocycles. The zero-order valence-electron chi connectivity index (χ0n) is 13.3. The zero-order valence-corrected chi connectivity index (χ0v) is 14.1. The minimum absolute atomic E-state index is 0.259. The van der Waals surface area contributed by atoms with Crippen molar-refractivity contribution in [3.05, 3.63) is 34.7 Å². The van der Waals surface area contributed by atoms with E-state index in [4.69, 9.17) is 9.47 Å². The van der Waals surface area contributed by atoms with E-state index in [-0.39, 0.29) is 5.78 Å². The molecule has 23 heavy (non-hydrogen) atoms. The van der Waals surface area contributed by atoms with Crippen molar-refractivity contribution in [2.75, 3.05) is 13.7 Å². The minimum atomic E-state index is -0.895. The van der Waals surface area contributed by atoms with Gasteiger partial charge in [-0.1, -0.05) is 0 Å². The van der Waals surface area contributed by atoms with Crippen LogP contribution in [0.1, 0.15) is 24.8 Å². The smallest absolute Gasteiger partial charge is 0.185 e. The number of nitrogens with zero attached hydrogens (tertiary/aromatic N) is 2. The van der Waals surface area contributed by atoms with Crippen molar-refractivity contribution in [2.45, 2.75) is 25.9 Å². The van der Waals surface area contributed by atoms with E-state index in [0.717, 1.165) is 17.0 Å². The largest absolute Gasteiger partial charge is 0.497 e. The first-order valence-corrected chi connectivity index (χ1v) is 8.13. The molecule has 0 aliphatic carbocycles. The van der Waals surface area contributed by atoms with Gasteiger partial charge in [-0.25, -0.2) is 4.98 Å². The second-order valence-corrected chi connectivity index (χ2v) is 5.75. The second-order valence-electron chi connectivity index (χ2n) is 4.86. The molecule has 6 heteroatoms. The Labute approximate surface area is 139 Å². The predicted molar refractivity (Wildman–Crippen MR) is 88.6 cm³/mol. The molecule has 0 unspecified atom stereocenters. The van der Waals surface area contributed by atoms with Crippen molar-refractivity contribution in [2.24, 2.45) is 0 Å². The Morgan fingerprint density at radius 3 is 2.65 bits per heavy atom. The number of carbonyl (C=O) groups is 1. The van der Waals surface area contributed by atoms with Crippen LogP contribution in [0.2, 0.25) is 0 Å². The first-order chi connectivity index (χ1) is 11.1. The van der Waals surface area contributed by atoms with Crippen molar-refractivity contribution >= 4 is 17.1 Å². The third-order valence-electron chi connectivity index (χ3n) is 3.39. The molecule has 0 aliphatic rings. The molecule has 1 heterocycles. The highest BCUT2D eigenvalue weighted by Gasteiger charge is 2.28. The van der Waals surface area contributed by atoms with Gasteiger partial charge in [-0.05, 0) is 38.1 Å². The molecule has 1 aromatic heterocycles. The first-order valence-electron chi connectivity index (χ1n) is 7.25. The average molecular weight is 330 g/mol. The van der Waals surface area contributed by atoms with E-state index in [1.54, 1.807) is 14.0 Å². The summed E-state index contributed by atoms with van der Waals surface area (Å²) in [7, 11) is 1.61. The van der Waals surface area contributed by atoms with Gasteiger partial charge in [-0.3, -0.25) is 4.79 Å². The number of benzene rings is 1. The molecular formula is C17H18N2O3S. The molecule has 2 rings (SSSR count). The van der Waals surface area contributed by atoms with Crippen molar-refractivity contribution in [1.29, 1.82) is 5.26 Å². The number of methoxy groups -OCH3 is 1. The van der Waals surface area contributed by atoms with Gasteiger partial charge in [0.15, 0.2) is 11.7 Å². The maximum Gasteiger partial charge on any atom is 0.185 e. The minimum Gasteiger partial charge on any atom is -0.497 e. The molecule has 0 fully saturated rings. The van der Waals surface area contributed by atoms with E-state index in [1.807, 2.05) is 42.6 Å². The number of rotatable bonds is 7. The molecule has 0 spiro atoms. The highest BCUT2D eigenvalue weighted by molar-refractivity contribution is 7.10. The number of ether oxygens (including phenoxy) is 2. The van der Waals surface area contributed by atoms with Crippen molar-refractivity contribution in [3.63, 3.8) is 0 Å². The summed E-state index contributed by atoms with van der Waals surface area (Å²) in [5.74, 6) is -0.390. The monoisotopic (exact) mass is 330 g/mol. The molecule has 0 N–H and O–H groups in total. The maximum atomic E-state index is 12.3. The summed E-state index contributed by atoms with van der Waals surface area (Å²) < 4.78 is 10.4. The lowest BCUT2D eigenvalue weighted by Crippen LogP contribution is -2.26. The normalized spacial score (nSPS) is 13.1. The predicted octanol–water partition coefficient (Wildman–Crippen LogP) is 3.42. The van der Waals surface area contributed by atoms with Crippen LogP contribution < -0.4 is 4.74 Å². The highest BCUT2D eigenvalue weighted by Crippen LogP contribution is 2.28. The van der Waals surface area contributed by atoms with Gasteiger partial charge < -0.3 is 9.47 Å². The number of Topliss-reactive ketones (excluding diaryl/α,β-unsaturated/α-hetero) is 1. The summed E-state index contributed by atoms with van der Waals surface area (Å²) >= 11 is 1.31. The summed E-state index contributed by atoms with van der Waals surface area (Å²) in [6.45, 7) is 3.91. The Hall–Kier alpha value is -2.23. The van der Waals surface area contributed by atoms with Gasteiger partial charge in [0.05, 0.1) is 18.9 Å². The Bertz CT molecular complexity index is 703. The van der Waals surface area contributed by atoms with Crippen LogP contribution >= 0.6 is 11.3 Å². The zero-order chi connectivity index (χ0) is 16.8. The van der Waals surface area contributed by atoms with E-state index in [0.29, 0.717) is 11.6 Å². The Kier molecular flexibility index (Phi) is 5.85. The fourth-order valence-electron chi connectivity index (χ4n) is 2.12. The Morgan fingerprint density at radius 1 is 1.39 bits per heavy atom. The van der Waals surface area contributed by atoms with Crippen molar-refractivity contribution in [3.8, 4) is 23.1 Å². The Balaban J connectivity index is 2.22. The quantitative estimate of drug-likeness (QED) is 0.778. The molecular weight excluding hydrogens is 312 g/mol. The molecule has 120 valence electrons. The lowest BCUT2D eigenvalue weighted by Gasteiger charge is -2.12. The van der Waals surface area contributed by atoms with Gasteiger partial charge in [0.2, 0.25) is 0 Å². The molecule has 0 radical (unpaired) electrons. The topological polar surface area (TPSA) is 72.2 Å². The van der Waals surface area contributed by atoms with Crippen LogP contribution in [0.5, 0.6) is 5.75 Å². The molecule has 0 aliphatic heterocycles. The van der Waals surface area contributed by atoms with E-state index in [2.05, 4.69) is 4.98 Å². The molecule has 2 aromatic rings. The van der Waals surface area contributed by atoms with E-state index in [1.165, 1.54) is 11.3 Å². The summed E-state index contributed by atoms with van der Waals surface area (Å²) in [5, 5.41) is 11.7. The molecule has 0 amide bonds. The molecule has 5 nitrogen and oxygen atoms in total. The lowest BCUT2D eigenvalue weighted by molar-refractivity contribution is -0.129. The van der Waals surface area contributed by atoms with Crippen molar-refractivity contribution < 1.29 is 14.3 Å². The van der Waals surface area contributed by atoms with Gasteiger partial charge >= 0.3 is 0 Å². The number of ketones is 1. The Morgan fingerprint density at radius 2 is 2.09 bits per heavy atom. The number of aromatic nitrogens is 1. The summed E-state index contributed by atoms with van der Waals surface area (Å²) in [5.41, 5.74) is 1.65. The van der Waals surface area contributed by atoms with Crippen molar-refractivity contribution in [1.82, 2.24) is 4.98 Å². The molecule has 2 atom stereocenters. The fourth-order valence-corrected chi connectivity index (χ4v) is 3.00. The van der Waals surface area contributed by atoms with Crippen LogP contribution in [-0.2, 0) is 9.53 Å². The third-order valence-corrected chi connectivity index (χ3v) is 4.30. The fraction of sp³-hybridized carbons (Fsp3) is 0.353. The number of nitriles is 1. The van der Waals surface area contributed by atoms with Gasteiger partial charge in [-0.2, -0.15) is 5.26 Å². The summed E-state index contributed by atoms with van der Waals surface area (Å²) in [6.07, 6.45) is -0.613. The molecule has 0 bridgehead atoms. The van der Waals surface area contributed by atoms with Crippen LogP contribution in [0.4, 0.5) is 0 Å². The number of carbonyl (C=O) groups excluding carboxylic acids is 1. The SMILES string of the molecule is CCO[C@H](C)C(=O)[C@@H](C#N)c1nc(-c2ccc(OC)cc2)cs1. The van der Waals surface area contributed by atoms with Crippen LogP contribution in [0.25, 0.3) is 11.3 Å². The van der Waals surface area contributed by atoms with E-state index < -0.39 is 12.0 Å². The maximum absolute atomic E-state index is 12.3. The summed E-state index contributed by atoms with van der Waals surface area (Å²) in [4.78, 5) is 16.7. The standard InChI is InChI=1S/C17H18N2O3S/c1-4-22-11(2)16(20)14(9-18)17-19-15(10-23-17)12-5-7-13(21-3)8-6-12/h5-8,10-11,14H,4H2,1-3H3/t11-,14-/m1/s1. The second kappa shape index (κ2) is 7.86. The summed E-state index contributed by atoms with van der Waals surface area (Å²) in [6, 6.07) is 9.52. The van der Waals surface area contributed by atoms with Crippen LogP contribution in [0.3, 0.4) is 0 Å². The van der Waals surface area contributed by atoms with Gasteiger partial charge in [0.1, 0.15) is 16.9 Å². The number of hydrogen-bond donors (Lipinski definition) is 0. The first kappa shape index (κ1) is 17.1. The van der Waals surface area contributed by atoms with Gasteiger partial charge in [0.25, 0.3) is 0 Å². The number of hydrogen-bond acceptors (Lipinski definition) is 6. The number of thiazole rings is 1. The highest BCUT2D eigenvalue weighted by atomic mass is 32.1. The van der Waals surface area contributed by atoms with Gasteiger partial charge in [-0.15, -0.1) is 11.3 Å². The van der Waals surface area contributed by atoms with Gasteiger partial charge in [0, 0.05) is 17.6 Å².